The van der Waals surface area contributed by atoms with Gasteiger partial charge >= 0.3 is 0 Å². The molecule has 1 fully saturated rings. The van der Waals surface area contributed by atoms with Gasteiger partial charge in [-0.3, -0.25) is 0 Å². The molecule has 0 bridgehead atoms. The number of hydrogen-bond acceptors (Lipinski definition) is 2. The molecule has 0 amide bonds. The molecule has 0 radical (unpaired) electrons. The Morgan fingerprint density at radius 2 is 2.00 bits per heavy atom. The Bertz CT molecular complexity index is 629. The minimum absolute atomic E-state index is 0.238. The molecule has 98 valence electrons. The minimum Gasteiger partial charge on any atom is -0.236 e. The summed E-state index contributed by atoms with van der Waals surface area (Å²) in [7, 11) is 0. The summed E-state index contributed by atoms with van der Waals surface area (Å²) in [5.41, 5.74) is 1.54. The van der Waals surface area contributed by atoms with Crippen molar-refractivity contribution in [3.05, 3.63) is 56.8 Å². The van der Waals surface area contributed by atoms with Crippen molar-refractivity contribution in [2.45, 2.75) is 25.2 Å². The van der Waals surface area contributed by atoms with E-state index < -0.39 is 0 Å². The molecule has 1 aromatic carbocycles. The summed E-state index contributed by atoms with van der Waals surface area (Å²) < 4.78 is 14.4. The number of halogens is 3. The Labute approximate surface area is 124 Å². The smallest absolute Gasteiger partial charge is 0.147 e. The van der Waals surface area contributed by atoms with Crippen molar-refractivity contribution < 1.29 is 4.39 Å². The van der Waals surface area contributed by atoms with E-state index in [2.05, 4.69) is 25.9 Å². The third-order valence-corrected chi connectivity index (χ3v) is 4.44. The van der Waals surface area contributed by atoms with Crippen LogP contribution in [0.15, 0.2) is 28.7 Å². The first-order chi connectivity index (χ1) is 9.15. The van der Waals surface area contributed by atoms with Crippen LogP contribution in [0, 0.1) is 5.82 Å². The van der Waals surface area contributed by atoms with E-state index in [1.54, 1.807) is 18.2 Å². The summed E-state index contributed by atoms with van der Waals surface area (Å²) in [5, 5.41) is 0.406. The quantitative estimate of drug-likeness (QED) is 0.768. The third-order valence-electron chi connectivity index (χ3n) is 3.15. The average Bonchev–Trinajstić information content (AvgIpc) is 3.20. The third kappa shape index (κ3) is 2.79. The van der Waals surface area contributed by atoms with Crippen molar-refractivity contribution in [1.82, 2.24) is 9.97 Å². The van der Waals surface area contributed by atoms with E-state index in [4.69, 9.17) is 11.6 Å². The molecular weight excluding hydrogens is 331 g/mol. The largest absolute Gasteiger partial charge is 0.236 e. The summed E-state index contributed by atoms with van der Waals surface area (Å²) in [5.74, 6) is 0.799. The van der Waals surface area contributed by atoms with E-state index in [1.165, 1.54) is 6.07 Å². The fourth-order valence-electron chi connectivity index (χ4n) is 2.00. The van der Waals surface area contributed by atoms with E-state index in [1.807, 2.05) is 0 Å². The van der Waals surface area contributed by atoms with Crippen molar-refractivity contribution in [2.24, 2.45) is 0 Å². The maximum Gasteiger partial charge on any atom is 0.147 e. The average molecular weight is 342 g/mol. The molecule has 3 rings (SSSR count). The second kappa shape index (κ2) is 5.17. The molecule has 0 aliphatic heterocycles. The SMILES string of the molecule is Fc1ccccc1Cc1nc(Cl)c(Br)c(C2CC2)n1. The van der Waals surface area contributed by atoms with Gasteiger partial charge in [0.15, 0.2) is 0 Å². The molecule has 0 unspecified atom stereocenters. The first-order valence-electron chi connectivity index (χ1n) is 6.10. The maximum atomic E-state index is 13.6. The molecule has 1 saturated carbocycles. The molecule has 19 heavy (non-hydrogen) atoms. The number of nitrogens with zero attached hydrogens (tertiary/aromatic N) is 2. The lowest BCUT2D eigenvalue weighted by Crippen LogP contribution is -2.03. The first kappa shape index (κ1) is 13.0. The first-order valence-corrected chi connectivity index (χ1v) is 7.27. The van der Waals surface area contributed by atoms with E-state index >= 15 is 0 Å². The maximum absolute atomic E-state index is 13.6. The van der Waals surface area contributed by atoms with E-state index in [-0.39, 0.29) is 5.82 Å². The molecule has 5 heteroatoms. The van der Waals surface area contributed by atoms with Crippen LogP contribution in [0.1, 0.15) is 35.8 Å². The molecule has 1 heterocycles. The fraction of sp³-hybridized carbons (Fsp3) is 0.286. The lowest BCUT2D eigenvalue weighted by molar-refractivity contribution is 0.612. The molecular formula is C14H11BrClFN2. The Morgan fingerprint density at radius 3 is 2.68 bits per heavy atom. The summed E-state index contributed by atoms with van der Waals surface area (Å²) in [4.78, 5) is 8.74. The monoisotopic (exact) mass is 340 g/mol. The highest BCUT2D eigenvalue weighted by molar-refractivity contribution is 9.10. The Balaban J connectivity index is 1.95. The lowest BCUT2D eigenvalue weighted by atomic mass is 10.1. The number of benzene rings is 1. The topological polar surface area (TPSA) is 25.8 Å². The second-order valence-electron chi connectivity index (χ2n) is 4.67. The van der Waals surface area contributed by atoms with Crippen LogP contribution < -0.4 is 0 Å². The van der Waals surface area contributed by atoms with Gasteiger partial charge < -0.3 is 0 Å². The van der Waals surface area contributed by atoms with Gasteiger partial charge in [-0.1, -0.05) is 29.8 Å². The van der Waals surface area contributed by atoms with Gasteiger partial charge in [0.25, 0.3) is 0 Å². The van der Waals surface area contributed by atoms with Crippen LogP contribution in [0.25, 0.3) is 0 Å². The summed E-state index contributed by atoms with van der Waals surface area (Å²) in [6.45, 7) is 0. The molecule has 0 N–H and O–H groups in total. The van der Waals surface area contributed by atoms with Crippen molar-refractivity contribution in [3.8, 4) is 0 Å². The van der Waals surface area contributed by atoms with Crippen LogP contribution in [0.2, 0.25) is 5.15 Å². The molecule has 0 saturated heterocycles. The zero-order valence-electron chi connectivity index (χ0n) is 10.0. The van der Waals surface area contributed by atoms with Gasteiger partial charge in [0, 0.05) is 12.3 Å². The highest BCUT2D eigenvalue weighted by Gasteiger charge is 2.29. The van der Waals surface area contributed by atoms with Crippen molar-refractivity contribution in [3.63, 3.8) is 0 Å². The normalized spacial score (nSPS) is 14.7. The van der Waals surface area contributed by atoms with Crippen LogP contribution in [0.5, 0.6) is 0 Å². The van der Waals surface area contributed by atoms with Gasteiger partial charge in [-0.05, 0) is 40.4 Å². The molecule has 1 aliphatic rings. The highest BCUT2D eigenvalue weighted by Crippen LogP contribution is 2.43. The summed E-state index contributed by atoms with van der Waals surface area (Å²) >= 11 is 9.53. The van der Waals surface area contributed by atoms with Crippen molar-refractivity contribution in [2.75, 3.05) is 0 Å². The van der Waals surface area contributed by atoms with E-state index in [0.29, 0.717) is 28.9 Å². The van der Waals surface area contributed by atoms with Gasteiger partial charge in [0.05, 0.1) is 10.2 Å². The Kier molecular flexibility index (Phi) is 3.54. The molecule has 2 nitrogen and oxygen atoms in total. The van der Waals surface area contributed by atoms with Gasteiger partial charge in [0.1, 0.15) is 16.8 Å². The minimum atomic E-state index is -0.238. The molecule has 0 spiro atoms. The Morgan fingerprint density at radius 1 is 1.26 bits per heavy atom. The van der Waals surface area contributed by atoms with E-state index in [0.717, 1.165) is 23.0 Å². The van der Waals surface area contributed by atoms with Gasteiger partial charge in [-0.15, -0.1) is 0 Å². The van der Waals surface area contributed by atoms with Crippen LogP contribution >= 0.6 is 27.5 Å². The summed E-state index contributed by atoms with van der Waals surface area (Å²) in [6.07, 6.45) is 2.62. The number of rotatable bonds is 3. The fourth-order valence-corrected chi connectivity index (χ4v) is 2.70. The van der Waals surface area contributed by atoms with Crippen LogP contribution in [-0.2, 0) is 6.42 Å². The molecule has 2 aromatic rings. The number of aromatic nitrogens is 2. The van der Waals surface area contributed by atoms with Gasteiger partial charge in [-0.25, -0.2) is 14.4 Å². The zero-order valence-corrected chi connectivity index (χ0v) is 12.4. The second-order valence-corrected chi connectivity index (χ2v) is 5.82. The van der Waals surface area contributed by atoms with Gasteiger partial charge in [-0.2, -0.15) is 0 Å². The predicted molar refractivity (Wildman–Crippen MR) is 75.9 cm³/mol. The highest BCUT2D eigenvalue weighted by atomic mass is 79.9. The van der Waals surface area contributed by atoms with Crippen molar-refractivity contribution >= 4 is 27.5 Å². The Hall–Kier alpha value is -1.00. The standard InChI is InChI=1S/C14H11BrClFN2/c15-12-13(8-5-6-8)18-11(19-14(12)16)7-9-3-1-2-4-10(9)17/h1-4,8H,5-7H2. The van der Waals surface area contributed by atoms with E-state index in [9.17, 15) is 4.39 Å². The van der Waals surface area contributed by atoms with Crippen molar-refractivity contribution in [1.29, 1.82) is 0 Å². The zero-order chi connectivity index (χ0) is 13.4. The van der Waals surface area contributed by atoms with Crippen LogP contribution in [0.4, 0.5) is 4.39 Å². The molecule has 1 aromatic heterocycles. The molecule has 0 atom stereocenters. The van der Waals surface area contributed by atoms with Crippen LogP contribution in [0.3, 0.4) is 0 Å². The van der Waals surface area contributed by atoms with Gasteiger partial charge in [0.2, 0.25) is 0 Å². The van der Waals surface area contributed by atoms with Crippen LogP contribution in [-0.4, -0.2) is 9.97 Å². The molecule has 1 aliphatic carbocycles. The number of hydrogen-bond donors (Lipinski definition) is 0. The summed E-state index contributed by atoms with van der Waals surface area (Å²) in [6, 6.07) is 6.66. The predicted octanol–water partition coefficient (Wildman–Crippen LogP) is 4.50. The lowest BCUT2D eigenvalue weighted by Gasteiger charge is -2.08.